The monoisotopic (exact) mass is 332 g/mol. The fourth-order valence-corrected chi connectivity index (χ4v) is 2.67. The van der Waals surface area contributed by atoms with Crippen LogP contribution in [0.1, 0.15) is 43.7 Å². The number of hydrogen-bond acceptors (Lipinski definition) is 4. The van der Waals surface area contributed by atoms with Crippen LogP contribution in [0.25, 0.3) is 0 Å². The Labute approximate surface area is 142 Å². The van der Waals surface area contributed by atoms with Crippen molar-refractivity contribution in [2.45, 2.75) is 58.1 Å². The Morgan fingerprint density at radius 1 is 1.17 bits per heavy atom. The second-order valence-electron chi connectivity index (χ2n) is 6.24. The van der Waals surface area contributed by atoms with Crippen LogP contribution in [0.3, 0.4) is 0 Å². The minimum absolute atomic E-state index is 0.0895. The third kappa shape index (κ3) is 5.68. The molecule has 0 bridgehead atoms. The molecular weight excluding hydrogens is 308 g/mol. The van der Waals surface area contributed by atoms with Crippen LogP contribution in [-0.2, 0) is 20.7 Å². The van der Waals surface area contributed by atoms with Crippen molar-refractivity contribution in [2.24, 2.45) is 0 Å². The molecule has 1 aromatic rings. The first kappa shape index (κ1) is 18.0. The van der Waals surface area contributed by atoms with Crippen LogP contribution in [0, 0.1) is 6.92 Å². The Morgan fingerprint density at radius 3 is 2.42 bits per heavy atom. The predicted molar refractivity (Wildman–Crippen MR) is 89.4 cm³/mol. The Morgan fingerprint density at radius 2 is 1.79 bits per heavy atom. The highest BCUT2D eigenvalue weighted by Gasteiger charge is 2.22. The summed E-state index contributed by atoms with van der Waals surface area (Å²) >= 11 is 0. The van der Waals surface area contributed by atoms with Gasteiger partial charge >= 0.3 is 12.0 Å². The minimum atomic E-state index is -1.02. The van der Waals surface area contributed by atoms with Gasteiger partial charge in [0.25, 0.3) is 5.91 Å². The molecule has 0 radical (unpaired) electrons. The van der Waals surface area contributed by atoms with Crippen molar-refractivity contribution < 1.29 is 19.1 Å². The zero-order valence-corrected chi connectivity index (χ0v) is 14.1. The van der Waals surface area contributed by atoms with Gasteiger partial charge in [0.2, 0.25) is 0 Å². The van der Waals surface area contributed by atoms with E-state index in [0.717, 1.165) is 36.8 Å². The van der Waals surface area contributed by atoms with E-state index in [1.54, 1.807) is 0 Å². The summed E-state index contributed by atoms with van der Waals surface area (Å²) in [5.74, 6) is -1.12. The van der Waals surface area contributed by atoms with Crippen molar-refractivity contribution in [3.63, 3.8) is 0 Å². The largest absolute Gasteiger partial charge is 0.452 e. The van der Waals surface area contributed by atoms with E-state index in [-0.39, 0.29) is 12.5 Å². The molecule has 1 saturated carbocycles. The normalized spacial score (nSPS) is 15.6. The van der Waals surface area contributed by atoms with Gasteiger partial charge in [-0.15, -0.1) is 0 Å². The zero-order chi connectivity index (χ0) is 17.5. The average molecular weight is 332 g/mol. The lowest BCUT2D eigenvalue weighted by atomic mass is 10.1. The van der Waals surface area contributed by atoms with E-state index in [1.807, 2.05) is 31.2 Å². The molecule has 0 aliphatic heterocycles. The molecule has 1 atom stereocenters. The molecule has 0 spiro atoms. The lowest BCUT2D eigenvalue weighted by molar-refractivity contribution is -0.153. The van der Waals surface area contributed by atoms with E-state index in [0.29, 0.717) is 0 Å². The summed E-state index contributed by atoms with van der Waals surface area (Å²) in [7, 11) is 0. The molecule has 1 aromatic carbocycles. The van der Waals surface area contributed by atoms with Crippen molar-refractivity contribution in [1.82, 2.24) is 10.6 Å². The molecule has 1 fully saturated rings. The molecule has 24 heavy (non-hydrogen) atoms. The number of carbonyl (C=O) groups is 3. The van der Waals surface area contributed by atoms with Crippen LogP contribution in [0.15, 0.2) is 24.3 Å². The number of benzene rings is 1. The smallest absolute Gasteiger partial charge is 0.321 e. The third-order valence-electron chi connectivity index (χ3n) is 4.07. The van der Waals surface area contributed by atoms with E-state index in [4.69, 9.17) is 4.74 Å². The molecular formula is C18H24N2O4. The maximum absolute atomic E-state index is 11.9. The molecule has 2 N–H and O–H groups in total. The number of hydrogen-bond donors (Lipinski definition) is 2. The van der Waals surface area contributed by atoms with Gasteiger partial charge < -0.3 is 10.1 Å². The molecule has 0 heterocycles. The van der Waals surface area contributed by atoms with E-state index < -0.39 is 24.0 Å². The summed E-state index contributed by atoms with van der Waals surface area (Å²) in [6, 6.07) is 7.09. The van der Waals surface area contributed by atoms with Crippen molar-refractivity contribution in [3.8, 4) is 0 Å². The van der Waals surface area contributed by atoms with Crippen LogP contribution in [0.2, 0.25) is 0 Å². The van der Waals surface area contributed by atoms with Gasteiger partial charge in [0.05, 0.1) is 6.42 Å². The molecule has 0 aromatic heterocycles. The van der Waals surface area contributed by atoms with Crippen LogP contribution in [0.5, 0.6) is 0 Å². The number of nitrogens with one attached hydrogen (secondary N) is 2. The molecule has 0 saturated heterocycles. The van der Waals surface area contributed by atoms with E-state index in [9.17, 15) is 14.4 Å². The topological polar surface area (TPSA) is 84.5 Å². The number of carbonyl (C=O) groups excluding carboxylic acids is 3. The maximum Gasteiger partial charge on any atom is 0.321 e. The third-order valence-corrected chi connectivity index (χ3v) is 4.07. The molecule has 0 unspecified atom stereocenters. The van der Waals surface area contributed by atoms with Crippen LogP contribution >= 0.6 is 0 Å². The second-order valence-corrected chi connectivity index (χ2v) is 6.24. The summed E-state index contributed by atoms with van der Waals surface area (Å²) in [5.41, 5.74) is 1.92. The van der Waals surface area contributed by atoms with E-state index >= 15 is 0 Å². The molecule has 3 amide bonds. The summed E-state index contributed by atoms with van der Waals surface area (Å²) < 4.78 is 5.09. The quantitative estimate of drug-likeness (QED) is 0.810. The van der Waals surface area contributed by atoms with Crippen LogP contribution in [-0.4, -0.2) is 30.1 Å². The molecule has 1 aliphatic carbocycles. The fourth-order valence-electron chi connectivity index (χ4n) is 2.67. The predicted octanol–water partition coefficient (Wildman–Crippen LogP) is 2.24. The maximum atomic E-state index is 11.9. The highest BCUT2D eigenvalue weighted by molar-refractivity contribution is 5.97. The Bertz CT molecular complexity index is 592. The first-order chi connectivity index (χ1) is 11.4. The van der Waals surface area contributed by atoms with E-state index in [2.05, 4.69) is 10.6 Å². The van der Waals surface area contributed by atoms with Crippen molar-refractivity contribution in [1.29, 1.82) is 0 Å². The zero-order valence-electron chi connectivity index (χ0n) is 14.1. The number of rotatable bonds is 5. The van der Waals surface area contributed by atoms with E-state index in [1.165, 1.54) is 6.92 Å². The average Bonchev–Trinajstić information content (AvgIpc) is 3.02. The lowest BCUT2D eigenvalue weighted by Gasteiger charge is -2.15. The van der Waals surface area contributed by atoms with Crippen LogP contribution < -0.4 is 10.6 Å². The second kappa shape index (κ2) is 8.47. The Balaban J connectivity index is 1.74. The SMILES string of the molecule is Cc1ccc(CC(=O)O[C@H](C)C(=O)NC(=O)NC2CCCC2)cc1. The molecule has 130 valence electrons. The highest BCUT2D eigenvalue weighted by atomic mass is 16.5. The van der Waals surface area contributed by atoms with Gasteiger partial charge in [0.1, 0.15) is 0 Å². The van der Waals surface area contributed by atoms with Crippen molar-refractivity contribution in [3.05, 3.63) is 35.4 Å². The summed E-state index contributed by atoms with van der Waals surface area (Å²) in [5, 5.41) is 4.97. The van der Waals surface area contributed by atoms with Crippen LogP contribution in [0.4, 0.5) is 4.79 Å². The van der Waals surface area contributed by atoms with Crippen molar-refractivity contribution >= 4 is 17.9 Å². The fraction of sp³-hybridized carbons (Fsp3) is 0.500. The van der Waals surface area contributed by atoms with Gasteiger partial charge in [-0.1, -0.05) is 42.7 Å². The van der Waals surface area contributed by atoms with Crippen molar-refractivity contribution in [2.75, 3.05) is 0 Å². The standard InChI is InChI=1S/C18H24N2O4/c1-12-7-9-14(10-8-12)11-16(21)24-13(2)17(22)20-18(23)19-15-5-3-4-6-15/h7-10,13,15H,3-6,11H2,1-2H3,(H2,19,20,22,23)/t13-/m1/s1. The molecule has 6 nitrogen and oxygen atoms in total. The molecule has 1 aliphatic rings. The van der Waals surface area contributed by atoms with Gasteiger partial charge in [-0.25, -0.2) is 4.79 Å². The number of esters is 1. The number of imide groups is 1. The van der Waals surface area contributed by atoms with Gasteiger partial charge in [0.15, 0.2) is 6.10 Å². The lowest BCUT2D eigenvalue weighted by Crippen LogP contribution is -2.47. The Kier molecular flexibility index (Phi) is 6.35. The highest BCUT2D eigenvalue weighted by Crippen LogP contribution is 2.17. The van der Waals surface area contributed by atoms with Gasteiger partial charge in [-0.2, -0.15) is 0 Å². The minimum Gasteiger partial charge on any atom is -0.452 e. The number of urea groups is 1. The van der Waals surface area contributed by atoms with Gasteiger partial charge in [-0.3, -0.25) is 14.9 Å². The van der Waals surface area contributed by atoms with Gasteiger partial charge in [-0.05, 0) is 32.3 Å². The first-order valence-corrected chi connectivity index (χ1v) is 8.30. The molecule has 2 rings (SSSR count). The molecule has 6 heteroatoms. The number of aryl methyl sites for hydroxylation is 1. The summed E-state index contributed by atoms with van der Waals surface area (Å²) in [4.78, 5) is 35.5. The number of ether oxygens (including phenoxy) is 1. The number of amides is 3. The summed E-state index contributed by atoms with van der Waals surface area (Å²) in [6.07, 6.45) is 3.12. The first-order valence-electron chi connectivity index (χ1n) is 8.30. The summed E-state index contributed by atoms with van der Waals surface area (Å²) in [6.45, 7) is 3.41. The Hall–Kier alpha value is -2.37. The van der Waals surface area contributed by atoms with Gasteiger partial charge in [0, 0.05) is 6.04 Å².